The highest BCUT2D eigenvalue weighted by Gasteiger charge is 2.32. The number of nitrogens with one attached hydrogen (secondary N) is 3. The molecule has 3 N–H and O–H groups in total. The van der Waals surface area contributed by atoms with Crippen molar-refractivity contribution in [1.29, 1.82) is 0 Å². The first kappa shape index (κ1) is 19.8. The highest BCUT2D eigenvalue weighted by molar-refractivity contribution is 6.36. The molecule has 4 heterocycles. The Morgan fingerprint density at radius 2 is 2.19 bits per heavy atom. The van der Waals surface area contributed by atoms with Gasteiger partial charge in [0, 0.05) is 25.5 Å². The Labute approximate surface area is 182 Å². The van der Waals surface area contributed by atoms with Gasteiger partial charge in [-0.2, -0.15) is 15.1 Å². The van der Waals surface area contributed by atoms with Crippen LogP contribution in [0.3, 0.4) is 0 Å². The molecule has 31 heavy (non-hydrogen) atoms. The fraction of sp³-hybridized carbons (Fsp3) is 0.400. The summed E-state index contributed by atoms with van der Waals surface area (Å²) in [5, 5.41) is 11.7. The molecule has 3 aromatic heterocycles. The van der Waals surface area contributed by atoms with Gasteiger partial charge in [0.05, 0.1) is 34.4 Å². The van der Waals surface area contributed by atoms with E-state index >= 15 is 0 Å². The molecule has 0 radical (unpaired) electrons. The number of H-pyrrole nitrogens is 1. The molecule has 0 spiro atoms. The predicted molar refractivity (Wildman–Crippen MR) is 116 cm³/mol. The predicted octanol–water partition coefficient (Wildman–Crippen LogP) is 3.42. The average molecular weight is 445 g/mol. The van der Waals surface area contributed by atoms with Crippen LogP contribution in [0.2, 0.25) is 5.02 Å². The SMILES string of the molecule is C=CC(=O)N1CC[C@@H](F)[C@@H](Nc2nc(Nc3cnn(C4CC4)c3)nc3[nH]cc(Cl)c23)C1. The third-order valence-corrected chi connectivity index (χ3v) is 5.90. The summed E-state index contributed by atoms with van der Waals surface area (Å²) < 4.78 is 16.6. The number of piperidine rings is 1. The van der Waals surface area contributed by atoms with E-state index in [0.717, 1.165) is 18.5 Å². The molecule has 1 saturated carbocycles. The Hall–Kier alpha value is -3.14. The van der Waals surface area contributed by atoms with Gasteiger partial charge in [0.15, 0.2) is 0 Å². The van der Waals surface area contributed by atoms with Crippen LogP contribution in [0.4, 0.5) is 21.8 Å². The lowest BCUT2D eigenvalue weighted by molar-refractivity contribution is -0.127. The number of nitrogens with zero attached hydrogens (tertiary/aromatic N) is 5. The second kappa shape index (κ2) is 7.84. The zero-order valence-electron chi connectivity index (χ0n) is 16.7. The molecule has 11 heteroatoms. The molecule has 2 fully saturated rings. The molecule has 0 bridgehead atoms. The molecule has 1 aliphatic heterocycles. The van der Waals surface area contributed by atoms with Crippen molar-refractivity contribution in [1.82, 2.24) is 29.6 Å². The highest BCUT2D eigenvalue weighted by atomic mass is 35.5. The van der Waals surface area contributed by atoms with Crippen molar-refractivity contribution in [2.45, 2.75) is 37.5 Å². The lowest BCUT2D eigenvalue weighted by Gasteiger charge is -2.35. The van der Waals surface area contributed by atoms with E-state index in [9.17, 15) is 9.18 Å². The van der Waals surface area contributed by atoms with Crippen LogP contribution in [0.1, 0.15) is 25.3 Å². The molecule has 1 aliphatic carbocycles. The van der Waals surface area contributed by atoms with Gasteiger partial charge in [0.1, 0.15) is 17.6 Å². The van der Waals surface area contributed by atoms with Crippen molar-refractivity contribution in [3.05, 3.63) is 36.3 Å². The molecule has 0 unspecified atom stereocenters. The van der Waals surface area contributed by atoms with E-state index in [1.54, 1.807) is 17.3 Å². The lowest BCUT2D eigenvalue weighted by atomic mass is 10.0. The number of likely N-dealkylation sites (tertiary alicyclic amines) is 1. The molecule has 3 aromatic rings. The van der Waals surface area contributed by atoms with E-state index in [1.165, 1.54) is 6.08 Å². The maximum Gasteiger partial charge on any atom is 0.246 e. The number of hydrogen-bond acceptors (Lipinski definition) is 6. The Bertz CT molecular complexity index is 1140. The van der Waals surface area contributed by atoms with E-state index in [2.05, 4.69) is 37.3 Å². The number of hydrogen-bond donors (Lipinski definition) is 3. The van der Waals surface area contributed by atoms with Gasteiger partial charge in [0.25, 0.3) is 0 Å². The Morgan fingerprint density at radius 1 is 1.35 bits per heavy atom. The summed E-state index contributed by atoms with van der Waals surface area (Å²) in [7, 11) is 0. The molecule has 2 atom stereocenters. The van der Waals surface area contributed by atoms with Crippen molar-refractivity contribution in [3.63, 3.8) is 0 Å². The molecule has 162 valence electrons. The first-order valence-corrected chi connectivity index (χ1v) is 10.6. The highest BCUT2D eigenvalue weighted by Crippen LogP contribution is 2.35. The number of halogens is 2. The first-order valence-electron chi connectivity index (χ1n) is 10.2. The Balaban J connectivity index is 1.43. The van der Waals surface area contributed by atoms with Gasteiger partial charge in [0.2, 0.25) is 11.9 Å². The fourth-order valence-corrected chi connectivity index (χ4v) is 4.02. The molecule has 2 aliphatic rings. The normalized spacial score (nSPS) is 21.3. The number of alkyl halides is 1. The fourth-order valence-electron chi connectivity index (χ4n) is 3.79. The van der Waals surface area contributed by atoms with Crippen molar-refractivity contribution in [2.75, 3.05) is 23.7 Å². The van der Waals surface area contributed by atoms with Crippen LogP contribution >= 0.6 is 11.6 Å². The van der Waals surface area contributed by atoms with E-state index in [4.69, 9.17) is 11.6 Å². The van der Waals surface area contributed by atoms with Crippen molar-refractivity contribution in [2.24, 2.45) is 0 Å². The van der Waals surface area contributed by atoms with Crippen molar-refractivity contribution >= 4 is 46.0 Å². The van der Waals surface area contributed by atoms with Crippen LogP contribution < -0.4 is 10.6 Å². The Morgan fingerprint density at radius 3 is 2.97 bits per heavy atom. The van der Waals surface area contributed by atoms with Crippen molar-refractivity contribution in [3.8, 4) is 0 Å². The zero-order valence-corrected chi connectivity index (χ0v) is 17.4. The third-order valence-electron chi connectivity index (χ3n) is 5.60. The second-order valence-electron chi connectivity index (χ2n) is 7.87. The molecular weight excluding hydrogens is 423 g/mol. The first-order chi connectivity index (χ1) is 15.0. The van der Waals surface area contributed by atoms with E-state index in [-0.39, 0.29) is 18.9 Å². The largest absolute Gasteiger partial charge is 0.362 e. The molecule has 1 amide bonds. The lowest BCUT2D eigenvalue weighted by Crippen LogP contribution is -2.50. The molecule has 5 rings (SSSR count). The van der Waals surface area contributed by atoms with Gasteiger partial charge in [-0.05, 0) is 25.3 Å². The van der Waals surface area contributed by atoms with Crippen LogP contribution in [0.25, 0.3) is 11.0 Å². The second-order valence-corrected chi connectivity index (χ2v) is 8.27. The third kappa shape index (κ3) is 3.95. The summed E-state index contributed by atoms with van der Waals surface area (Å²) >= 11 is 6.33. The van der Waals surface area contributed by atoms with Crippen LogP contribution in [-0.4, -0.2) is 60.8 Å². The van der Waals surface area contributed by atoms with E-state index < -0.39 is 12.2 Å². The standard InChI is InChI=1S/C20H22ClFN8O/c1-2-16(31)29-6-5-14(22)15(10-29)26-19-17-13(21)8-23-18(17)27-20(28-19)25-11-7-24-30(9-11)12-3-4-12/h2,7-9,12,14-15H,1,3-6,10H2,(H3,23,25,26,27,28)/t14-,15+/m1/s1. The minimum absolute atomic E-state index is 0.205. The van der Waals surface area contributed by atoms with Crippen LogP contribution in [0.5, 0.6) is 0 Å². The maximum absolute atomic E-state index is 14.7. The molecular formula is C20H22ClFN8O. The van der Waals surface area contributed by atoms with Crippen LogP contribution in [0, 0.1) is 0 Å². The number of anilines is 3. The van der Waals surface area contributed by atoms with E-state index in [1.807, 2.05) is 10.9 Å². The summed E-state index contributed by atoms with van der Waals surface area (Å²) in [6.07, 6.45) is 7.86. The number of carbonyl (C=O) groups excluding carboxylic acids is 1. The maximum atomic E-state index is 14.7. The average Bonchev–Trinajstić information content (AvgIpc) is 3.40. The minimum Gasteiger partial charge on any atom is -0.362 e. The monoisotopic (exact) mass is 444 g/mol. The van der Waals surface area contributed by atoms with Crippen molar-refractivity contribution < 1.29 is 9.18 Å². The number of aromatic amines is 1. The summed E-state index contributed by atoms with van der Waals surface area (Å²) in [4.78, 5) is 25.6. The van der Waals surface area contributed by atoms with Gasteiger partial charge >= 0.3 is 0 Å². The van der Waals surface area contributed by atoms with E-state index in [0.29, 0.717) is 40.4 Å². The van der Waals surface area contributed by atoms with Gasteiger partial charge < -0.3 is 20.5 Å². The summed E-state index contributed by atoms with van der Waals surface area (Å²) in [6, 6.07) is -0.167. The minimum atomic E-state index is -1.13. The summed E-state index contributed by atoms with van der Waals surface area (Å²) in [5.41, 5.74) is 1.28. The zero-order chi connectivity index (χ0) is 21.5. The number of carbonyl (C=O) groups is 1. The quantitative estimate of drug-likeness (QED) is 0.503. The van der Waals surface area contributed by atoms with Crippen LogP contribution in [-0.2, 0) is 4.79 Å². The number of fused-ring (bicyclic) bond motifs is 1. The summed E-state index contributed by atoms with van der Waals surface area (Å²) in [5.74, 6) is 0.504. The topological polar surface area (TPSA) is 104 Å². The Kier molecular flexibility index (Phi) is 5.01. The smallest absolute Gasteiger partial charge is 0.246 e. The molecule has 0 aromatic carbocycles. The summed E-state index contributed by atoms with van der Waals surface area (Å²) in [6.45, 7) is 4.07. The van der Waals surface area contributed by atoms with Gasteiger partial charge in [-0.15, -0.1) is 0 Å². The van der Waals surface area contributed by atoms with Gasteiger partial charge in [-0.25, -0.2) is 4.39 Å². The number of rotatable bonds is 6. The number of amides is 1. The van der Waals surface area contributed by atoms with Gasteiger partial charge in [-0.3, -0.25) is 9.48 Å². The van der Waals surface area contributed by atoms with Crippen LogP contribution in [0.15, 0.2) is 31.2 Å². The van der Waals surface area contributed by atoms with Gasteiger partial charge in [-0.1, -0.05) is 18.2 Å². The molecule has 1 saturated heterocycles. The number of aromatic nitrogens is 5. The molecule has 9 nitrogen and oxygen atoms in total.